The molecule has 0 radical (unpaired) electrons. The maximum Gasteiger partial charge on any atom is 0.226 e. The van der Waals surface area contributed by atoms with Gasteiger partial charge in [-0.2, -0.15) is 0 Å². The van der Waals surface area contributed by atoms with E-state index in [0.717, 1.165) is 25.7 Å². The van der Waals surface area contributed by atoms with Gasteiger partial charge in [0.25, 0.3) is 0 Å². The van der Waals surface area contributed by atoms with Gasteiger partial charge in [0.2, 0.25) is 5.91 Å². The van der Waals surface area contributed by atoms with E-state index in [-0.39, 0.29) is 36.0 Å². The van der Waals surface area contributed by atoms with E-state index in [1.807, 2.05) is 0 Å². The minimum Gasteiger partial charge on any atom is -0.396 e. The van der Waals surface area contributed by atoms with E-state index in [9.17, 15) is 18.7 Å². The largest absolute Gasteiger partial charge is 0.396 e. The molecular weight excluding hydrogens is 300 g/mol. The Morgan fingerprint density at radius 1 is 1.22 bits per heavy atom. The Bertz CT molecular complexity index is 564. The van der Waals surface area contributed by atoms with Crippen LogP contribution in [0.25, 0.3) is 0 Å². The summed E-state index contributed by atoms with van der Waals surface area (Å²) in [6.07, 6.45) is 4.15. The number of carbonyl (C=O) groups is 1. The van der Waals surface area contributed by atoms with Crippen molar-refractivity contribution in [3.8, 4) is 0 Å². The maximum atomic E-state index is 13.8. The summed E-state index contributed by atoms with van der Waals surface area (Å²) in [4.78, 5) is 14.4. The SMILES string of the molecule is CN(C(=O)C1CC1c1c(F)cccc1F)C1CCC(CO)CC1. The zero-order valence-corrected chi connectivity index (χ0v) is 13.3. The maximum absolute atomic E-state index is 13.8. The molecule has 2 aliphatic carbocycles. The molecule has 2 aliphatic rings. The number of hydrogen-bond donors (Lipinski definition) is 1. The summed E-state index contributed by atoms with van der Waals surface area (Å²) < 4.78 is 27.7. The highest BCUT2D eigenvalue weighted by molar-refractivity contribution is 5.83. The fourth-order valence-corrected chi connectivity index (χ4v) is 3.81. The zero-order chi connectivity index (χ0) is 16.6. The first-order valence-corrected chi connectivity index (χ1v) is 8.34. The lowest BCUT2D eigenvalue weighted by molar-refractivity contribution is -0.134. The summed E-state index contributed by atoms with van der Waals surface area (Å²) in [6.45, 7) is 0.210. The van der Waals surface area contributed by atoms with Crippen LogP contribution in [0.4, 0.5) is 8.78 Å². The molecule has 2 saturated carbocycles. The lowest BCUT2D eigenvalue weighted by Gasteiger charge is -2.34. The average Bonchev–Trinajstić information content (AvgIpc) is 3.33. The minimum atomic E-state index is -0.559. The van der Waals surface area contributed by atoms with Gasteiger partial charge in [0.1, 0.15) is 11.6 Å². The zero-order valence-electron chi connectivity index (χ0n) is 13.3. The molecule has 0 bridgehead atoms. The first-order valence-electron chi connectivity index (χ1n) is 8.34. The first-order chi connectivity index (χ1) is 11.0. The lowest BCUT2D eigenvalue weighted by Crippen LogP contribution is -2.40. The van der Waals surface area contributed by atoms with Crippen LogP contribution >= 0.6 is 0 Å². The number of amides is 1. The van der Waals surface area contributed by atoms with Crippen molar-refractivity contribution in [1.29, 1.82) is 0 Å². The van der Waals surface area contributed by atoms with Gasteiger partial charge in [0, 0.05) is 37.1 Å². The summed E-state index contributed by atoms with van der Waals surface area (Å²) in [5.74, 6) is -1.42. The highest BCUT2D eigenvalue weighted by Crippen LogP contribution is 2.50. The Kier molecular flexibility index (Phi) is 4.67. The van der Waals surface area contributed by atoms with Crippen molar-refractivity contribution in [2.75, 3.05) is 13.7 Å². The van der Waals surface area contributed by atoms with Crippen molar-refractivity contribution in [1.82, 2.24) is 4.90 Å². The van der Waals surface area contributed by atoms with Gasteiger partial charge in [-0.15, -0.1) is 0 Å². The second kappa shape index (κ2) is 6.56. The monoisotopic (exact) mass is 323 g/mol. The summed E-state index contributed by atoms with van der Waals surface area (Å²) >= 11 is 0. The van der Waals surface area contributed by atoms with Crippen LogP contribution in [0.15, 0.2) is 18.2 Å². The van der Waals surface area contributed by atoms with Crippen molar-refractivity contribution < 1.29 is 18.7 Å². The van der Waals surface area contributed by atoms with Crippen molar-refractivity contribution in [3.63, 3.8) is 0 Å². The van der Waals surface area contributed by atoms with Crippen LogP contribution in [0.3, 0.4) is 0 Å². The fraction of sp³-hybridized carbons (Fsp3) is 0.611. The van der Waals surface area contributed by atoms with E-state index < -0.39 is 11.6 Å². The number of aliphatic hydroxyl groups is 1. The third kappa shape index (κ3) is 3.25. The number of aliphatic hydroxyl groups excluding tert-OH is 1. The summed E-state index contributed by atoms with van der Waals surface area (Å²) in [5, 5.41) is 9.18. The molecule has 1 aromatic rings. The number of benzene rings is 1. The molecule has 0 aliphatic heterocycles. The van der Waals surface area contributed by atoms with E-state index in [1.54, 1.807) is 11.9 Å². The third-order valence-corrected chi connectivity index (χ3v) is 5.45. The predicted octanol–water partition coefficient (Wildman–Crippen LogP) is 3.08. The van der Waals surface area contributed by atoms with Crippen LogP contribution in [0.5, 0.6) is 0 Å². The van der Waals surface area contributed by atoms with Crippen LogP contribution in [0.1, 0.15) is 43.6 Å². The Balaban J connectivity index is 1.62. The molecule has 0 spiro atoms. The quantitative estimate of drug-likeness (QED) is 0.925. The topological polar surface area (TPSA) is 40.5 Å². The number of halogens is 2. The van der Waals surface area contributed by atoms with E-state index in [2.05, 4.69) is 0 Å². The first kappa shape index (κ1) is 16.4. The molecular formula is C18H23F2NO2. The van der Waals surface area contributed by atoms with Crippen molar-refractivity contribution in [3.05, 3.63) is 35.4 Å². The molecule has 3 nitrogen and oxygen atoms in total. The van der Waals surface area contributed by atoms with E-state index in [0.29, 0.717) is 12.3 Å². The van der Waals surface area contributed by atoms with Gasteiger partial charge in [-0.25, -0.2) is 8.78 Å². The van der Waals surface area contributed by atoms with Gasteiger partial charge < -0.3 is 10.0 Å². The standard InChI is InChI=1S/C18H23F2NO2/c1-21(12-7-5-11(10-22)6-8-12)18(23)14-9-13(14)17-15(19)3-2-4-16(17)20/h2-4,11-14,22H,5-10H2,1H3. The normalized spacial score (nSPS) is 30.1. The molecule has 0 aromatic heterocycles. The van der Waals surface area contributed by atoms with Crippen LogP contribution in [0, 0.1) is 23.5 Å². The Morgan fingerprint density at radius 3 is 2.39 bits per heavy atom. The Morgan fingerprint density at radius 2 is 1.83 bits per heavy atom. The molecule has 1 aromatic carbocycles. The van der Waals surface area contributed by atoms with Gasteiger partial charge >= 0.3 is 0 Å². The van der Waals surface area contributed by atoms with Crippen molar-refractivity contribution in [2.45, 2.75) is 44.1 Å². The molecule has 23 heavy (non-hydrogen) atoms. The van der Waals surface area contributed by atoms with Crippen LogP contribution in [0.2, 0.25) is 0 Å². The third-order valence-electron chi connectivity index (χ3n) is 5.45. The number of rotatable bonds is 4. The second-order valence-electron chi connectivity index (χ2n) is 6.89. The molecule has 2 fully saturated rings. The van der Waals surface area contributed by atoms with Crippen molar-refractivity contribution >= 4 is 5.91 Å². The van der Waals surface area contributed by atoms with E-state index in [4.69, 9.17) is 0 Å². The van der Waals surface area contributed by atoms with Crippen LogP contribution in [-0.2, 0) is 4.79 Å². The summed E-state index contributed by atoms with van der Waals surface area (Å²) in [5.41, 5.74) is 0.0586. The fourth-order valence-electron chi connectivity index (χ4n) is 3.81. The number of carbonyl (C=O) groups excluding carboxylic acids is 1. The molecule has 1 N–H and O–H groups in total. The van der Waals surface area contributed by atoms with Crippen molar-refractivity contribution in [2.24, 2.45) is 11.8 Å². The highest BCUT2D eigenvalue weighted by Gasteiger charge is 2.48. The number of nitrogens with zero attached hydrogens (tertiary/aromatic N) is 1. The molecule has 1 amide bonds. The molecule has 2 atom stereocenters. The molecule has 5 heteroatoms. The Hall–Kier alpha value is -1.49. The molecule has 0 saturated heterocycles. The molecule has 0 heterocycles. The molecule has 2 unspecified atom stereocenters. The smallest absolute Gasteiger partial charge is 0.226 e. The molecule has 126 valence electrons. The van der Waals surface area contributed by atoms with E-state index in [1.165, 1.54) is 18.2 Å². The molecule has 3 rings (SSSR count). The summed E-state index contributed by atoms with van der Waals surface area (Å²) in [6, 6.07) is 4.02. The summed E-state index contributed by atoms with van der Waals surface area (Å²) in [7, 11) is 1.79. The van der Waals surface area contributed by atoms with Gasteiger partial charge in [-0.1, -0.05) is 6.07 Å². The minimum absolute atomic E-state index is 0.00917. The van der Waals surface area contributed by atoms with Gasteiger partial charge in [-0.3, -0.25) is 4.79 Å². The van der Waals surface area contributed by atoms with Gasteiger partial charge in [0.15, 0.2) is 0 Å². The Labute approximate surface area is 135 Å². The van der Waals surface area contributed by atoms with Gasteiger partial charge in [0.05, 0.1) is 0 Å². The van der Waals surface area contributed by atoms with Crippen LogP contribution in [-0.4, -0.2) is 35.6 Å². The predicted molar refractivity (Wildman–Crippen MR) is 82.8 cm³/mol. The van der Waals surface area contributed by atoms with Gasteiger partial charge in [-0.05, 0) is 50.2 Å². The van der Waals surface area contributed by atoms with Crippen LogP contribution < -0.4 is 0 Å². The number of hydrogen-bond acceptors (Lipinski definition) is 2. The van der Waals surface area contributed by atoms with E-state index >= 15 is 0 Å². The lowest BCUT2D eigenvalue weighted by atomic mass is 9.86. The average molecular weight is 323 g/mol. The second-order valence-corrected chi connectivity index (χ2v) is 6.89. The highest BCUT2D eigenvalue weighted by atomic mass is 19.1.